The average molecular weight is 459 g/mol. The Hall–Kier alpha value is -3.51. The highest BCUT2D eigenvalue weighted by molar-refractivity contribution is 6.11. The van der Waals surface area contributed by atoms with Crippen molar-refractivity contribution in [3.63, 3.8) is 0 Å². The Morgan fingerprint density at radius 2 is 1.76 bits per heavy atom. The first kappa shape index (κ1) is 23.6. The number of nitrogens with zero attached hydrogens (tertiary/aromatic N) is 1. The number of nitrogens with one attached hydrogen (secondary N) is 1. The summed E-state index contributed by atoms with van der Waals surface area (Å²) in [5.41, 5.74) is 1.44. The normalized spacial score (nSPS) is 18.0. The lowest BCUT2D eigenvalue weighted by molar-refractivity contribution is -0.141. The van der Waals surface area contributed by atoms with E-state index in [-0.39, 0.29) is 37.1 Å². The van der Waals surface area contributed by atoms with Crippen molar-refractivity contribution in [2.45, 2.75) is 38.1 Å². The molecule has 0 aliphatic carbocycles. The van der Waals surface area contributed by atoms with E-state index >= 15 is 0 Å². The van der Waals surface area contributed by atoms with Gasteiger partial charge >= 0.3 is 0 Å². The number of carbonyl (C=O) groups excluding carboxylic acids is 3. The van der Waals surface area contributed by atoms with Crippen molar-refractivity contribution in [1.29, 1.82) is 0 Å². The van der Waals surface area contributed by atoms with Gasteiger partial charge in [0.05, 0.1) is 5.41 Å². The number of rotatable bonds is 9. The minimum absolute atomic E-state index is 0.00857. The van der Waals surface area contributed by atoms with Crippen LogP contribution in [0.25, 0.3) is 10.8 Å². The first-order valence-corrected chi connectivity index (χ1v) is 11.6. The molecule has 1 N–H and O–H groups in total. The number of hydrogen-bond acceptors (Lipinski definition) is 4. The maximum Gasteiger partial charge on any atom is 0.240 e. The molecule has 3 aromatic carbocycles. The van der Waals surface area contributed by atoms with Crippen LogP contribution in [0.15, 0.2) is 66.7 Å². The lowest BCUT2D eigenvalue weighted by atomic mass is 9.74. The zero-order chi connectivity index (χ0) is 24.1. The molecule has 6 heteroatoms. The Balaban J connectivity index is 1.58. The van der Waals surface area contributed by atoms with Crippen molar-refractivity contribution in [3.05, 3.63) is 83.4 Å². The van der Waals surface area contributed by atoms with Gasteiger partial charge in [0.1, 0.15) is 0 Å². The van der Waals surface area contributed by atoms with Crippen LogP contribution in [-0.4, -0.2) is 42.9 Å². The molecule has 34 heavy (non-hydrogen) atoms. The quantitative estimate of drug-likeness (QED) is 0.390. The monoisotopic (exact) mass is 458 g/mol. The molecule has 176 valence electrons. The molecular weight excluding hydrogens is 428 g/mol. The Morgan fingerprint density at radius 1 is 1.03 bits per heavy atom. The van der Waals surface area contributed by atoms with Gasteiger partial charge in [0.2, 0.25) is 17.7 Å². The zero-order valence-electron chi connectivity index (χ0n) is 19.7. The first-order valence-electron chi connectivity index (χ1n) is 11.6. The van der Waals surface area contributed by atoms with E-state index in [2.05, 4.69) is 5.32 Å². The molecule has 0 radical (unpaired) electrons. The summed E-state index contributed by atoms with van der Waals surface area (Å²) in [6.45, 7) is 3.01. The van der Waals surface area contributed by atoms with Crippen LogP contribution in [0.4, 0.5) is 0 Å². The van der Waals surface area contributed by atoms with Crippen molar-refractivity contribution in [2.75, 3.05) is 20.3 Å². The second-order valence-electron chi connectivity index (χ2n) is 8.86. The maximum absolute atomic E-state index is 13.7. The summed E-state index contributed by atoms with van der Waals surface area (Å²) in [4.78, 5) is 41.1. The van der Waals surface area contributed by atoms with E-state index in [1.165, 1.54) is 4.90 Å². The smallest absolute Gasteiger partial charge is 0.240 e. The van der Waals surface area contributed by atoms with E-state index in [4.69, 9.17) is 4.74 Å². The molecule has 0 unspecified atom stereocenters. The lowest BCUT2D eigenvalue weighted by Crippen LogP contribution is -2.43. The van der Waals surface area contributed by atoms with Gasteiger partial charge in [0.15, 0.2) is 0 Å². The van der Waals surface area contributed by atoms with Crippen LogP contribution in [0.1, 0.15) is 36.0 Å². The maximum atomic E-state index is 13.7. The molecule has 1 aliphatic rings. The highest BCUT2D eigenvalue weighted by Gasteiger charge is 2.53. The highest BCUT2D eigenvalue weighted by Crippen LogP contribution is 2.41. The number of likely N-dealkylation sites (tertiary alicyclic amines) is 1. The van der Waals surface area contributed by atoms with Gasteiger partial charge in [-0.2, -0.15) is 0 Å². The highest BCUT2D eigenvalue weighted by atomic mass is 16.5. The molecule has 3 amide bonds. The van der Waals surface area contributed by atoms with Crippen molar-refractivity contribution < 1.29 is 19.1 Å². The number of fused-ring (bicyclic) bond motifs is 1. The van der Waals surface area contributed by atoms with Crippen LogP contribution in [0.5, 0.6) is 0 Å². The standard InChI is InChI=1S/C28H30N2O4/c1-20-9-3-6-14-24(20)28(18-26(32)30(27(28)33)15-8-16-34-2)17-25(31)29-19-22-12-7-11-21-10-4-5-13-23(21)22/h3-7,9-14H,8,15-19H2,1-2H3,(H,29,31)/t28-/m0/s1. The van der Waals surface area contributed by atoms with Gasteiger partial charge in [-0.1, -0.05) is 66.7 Å². The predicted molar refractivity (Wildman–Crippen MR) is 131 cm³/mol. The minimum atomic E-state index is -1.20. The third-order valence-electron chi connectivity index (χ3n) is 6.62. The number of aryl methyl sites for hydroxylation is 1. The number of carbonyl (C=O) groups is 3. The Kier molecular flexibility index (Phi) is 7.08. The van der Waals surface area contributed by atoms with Crippen LogP contribution in [0.2, 0.25) is 0 Å². The minimum Gasteiger partial charge on any atom is -0.385 e. The van der Waals surface area contributed by atoms with Gasteiger partial charge in [-0.05, 0) is 40.8 Å². The predicted octanol–water partition coefficient (Wildman–Crippen LogP) is 3.89. The lowest BCUT2D eigenvalue weighted by Gasteiger charge is -2.28. The second-order valence-corrected chi connectivity index (χ2v) is 8.86. The Morgan fingerprint density at radius 3 is 2.56 bits per heavy atom. The van der Waals surface area contributed by atoms with E-state index in [9.17, 15) is 14.4 Å². The zero-order valence-corrected chi connectivity index (χ0v) is 19.7. The largest absolute Gasteiger partial charge is 0.385 e. The molecular formula is C28H30N2O4. The van der Waals surface area contributed by atoms with Crippen LogP contribution in [0, 0.1) is 6.92 Å². The molecule has 1 fully saturated rings. The molecule has 4 rings (SSSR count). The fourth-order valence-corrected chi connectivity index (χ4v) is 4.92. The number of benzene rings is 3. The van der Waals surface area contributed by atoms with Crippen LogP contribution >= 0.6 is 0 Å². The molecule has 1 heterocycles. The summed E-state index contributed by atoms with van der Waals surface area (Å²) in [6.07, 6.45) is 0.477. The fourth-order valence-electron chi connectivity index (χ4n) is 4.92. The number of imide groups is 1. The summed E-state index contributed by atoms with van der Waals surface area (Å²) < 4.78 is 5.08. The molecule has 0 saturated carbocycles. The Labute approximate surface area is 199 Å². The van der Waals surface area contributed by atoms with Gasteiger partial charge in [-0.15, -0.1) is 0 Å². The number of ether oxygens (including phenoxy) is 1. The first-order chi connectivity index (χ1) is 16.5. The number of methoxy groups -OCH3 is 1. The topological polar surface area (TPSA) is 75.7 Å². The van der Waals surface area contributed by atoms with Crippen molar-refractivity contribution in [2.24, 2.45) is 0 Å². The van der Waals surface area contributed by atoms with Crippen molar-refractivity contribution in [3.8, 4) is 0 Å². The third-order valence-corrected chi connectivity index (χ3v) is 6.62. The molecule has 0 spiro atoms. The van der Waals surface area contributed by atoms with Crippen LogP contribution in [-0.2, 0) is 31.1 Å². The second kappa shape index (κ2) is 10.2. The third kappa shape index (κ3) is 4.59. The van der Waals surface area contributed by atoms with E-state index in [1.54, 1.807) is 7.11 Å². The number of hydrogen-bond donors (Lipinski definition) is 1. The van der Waals surface area contributed by atoms with Gasteiger partial charge in [0, 0.05) is 39.6 Å². The van der Waals surface area contributed by atoms with Crippen molar-refractivity contribution >= 4 is 28.5 Å². The molecule has 0 bridgehead atoms. The summed E-state index contributed by atoms with van der Waals surface area (Å²) in [5.74, 6) is -0.800. The van der Waals surface area contributed by atoms with Gasteiger partial charge in [-0.25, -0.2) is 0 Å². The van der Waals surface area contributed by atoms with E-state index in [0.717, 1.165) is 27.5 Å². The van der Waals surface area contributed by atoms with Crippen LogP contribution in [0.3, 0.4) is 0 Å². The van der Waals surface area contributed by atoms with Crippen molar-refractivity contribution in [1.82, 2.24) is 10.2 Å². The van der Waals surface area contributed by atoms with Crippen LogP contribution < -0.4 is 5.32 Å². The summed E-state index contributed by atoms with van der Waals surface area (Å²) in [5, 5.41) is 5.18. The molecule has 1 saturated heterocycles. The molecule has 1 atom stereocenters. The Bertz CT molecular complexity index is 1220. The van der Waals surface area contributed by atoms with E-state index in [0.29, 0.717) is 19.6 Å². The van der Waals surface area contributed by atoms with Gasteiger partial charge in [0.25, 0.3) is 0 Å². The van der Waals surface area contributed by atoms with E-state index in [1.807, 2.05) is 73.7 Å². The molecule has 0 aromatic heterocycles. The average Bonchev–Trinajstić information content (AvgIpc) is 3.07. The SMILES string of the molecule is COCCCN1C(=O)C[C@@](CC(=O)NCc2cccc3ccccc23)(c2ccccc2C)C1=O. The number of amides is 3. The van der Waals surface area contributed by atoms with Gasteiger partial charge in [-0.3, -0.25) is 19.3 Å². The summed E-state index contributed by atoms with van der Waals surface area (Å²) >= 11 is 0. The molecule has 1 aliphatic heterocycles. The summed E-state index contributed by atoms with van der Waals surface area (Å²) in [7, 11) is 1.59. The summed E-state index contributed by atoms with van der Waals surface area (Å²) in [6, 6.07) is 21.5. The van der Waals surface area contributed by atoms with Gasteiger partial charge < -0.3 is 10.1 Å². The molecule has 6 nitrogen and oxygen atoms in total. The van der Waals surface area contributed by atoms with E-state index < -0.39 is 5.41 Å². The fraction of sp³-hybridized carbons (Fsp3) is 0.321. The molecule has 3 aromatic rings.